The van der Waals surface area contributed by atoms with Crippen LogP contribution < -0.4 is 26.0 Å². The minimum atomic E-state index is -0.868. The average molecular weight is 492 g/mol. The van der Waals surface area contributed by atoms with Crippen molar-refractivity contribution in [3.8, 4) is 11.5 Å². The summed E-state index contributed by atoms with van der Waals surface area (Å²) in [4.78, 5) is 44.7. The van der Waals surface area contributed by atoms with E-state index in [4.69, 9.17) is 14.2 Å². The summed E-state index contributed by atoms with van der Waals surface area (Å²) in [6, 6.07) is 10.1. The normalized spacial score (nSPS) is 15.2. The molecule has 4 rings (SSSR count). The zero-order chi connectivity index (χ0) is 26.0. The molecule has 3 aromatic rings. The third-order valence-electron chi connectivity index (χ3n) is 5.73. The third-order valence-corrected chi connectivity index (χ3v) is 5.73. The summed E-state index contributed by atoms with van der Waals surface area (Å²) in [6.07, 6.45) is 1.50. The topological polar surface area (TPSA) is 138 Å². The summed E-state index contributed by atoms with van der Waals surface area (Å²) in [6.45, 7) is 3.51. The summed E-state index contributed by atoms with van der Waals surface area (Å²) < 4.78 is 17.4. The molecule has 11 heteroatoms. The van der Waals surface area contributed by atoms with Crippen LogP contribution in [0, 0.1) is 10.1 Å². The Morgan fingerprint density at radius 3 is 2.61 bits per heavy atom. The fourth-order valence-corrected chi connectivity index (χ4v) is 4.13. The number of hydrogen-bond donors (Lipinski definition) is 1. The minimum absolute atomic E-state index is 0.102. The molecule has 2 heterocycles. The van der Waals surface area contributed by atoms with Gasteiger partial charge in [0.2, 0.25) is 5.62 Å². The van der Waals surface area contributed by atoms with Gasteiger partial charge in [-0.15, -0.1) is 0 Å². The van der Waals surface area contributed by atoms with Gasteiger partial charge in [0, 0.05) is 12.1 Å². The molecule has 0 fully saturated rings. The number of nitrogens with one attached hydrogen (secondary N) is 1. The van der Waals surface area contributed by atoms with Crippen LogP contribution in [-0.2, 0) is 9.53 Å². The van der Waals surface area contributed by atoms with Gasteiger partial charge in [0.05, 0.1) is 43.1 Å². The summed E-state index contributed by atoms with van der Waals surface area (Å²) in [5.41, 5.74) is 1.29. The number of rotatable bonds is 7. The van der Waals surface area contributed by atoms with Crippen LogP contribution in [0.1, 0.15) is 31.0 Å². The highest BCUT2D eigenvalue weighted by Gasteiger charge is 2.33. The van der Waals surface area contributed by atoms with Gasteiger partial charge in [-0.3, -0.25) is 19.5 Å². The van der Waals surface area contributed by atoms with Gasteiger partial charge in [-0.1, -0.05) is 18.2 Å². The van der Waals surface area contributed by atoms with Gasteiger partial charge in [-0.25, -0.2) is 9.79 Å². The third kappa shape index (κ3) is 4.38. The average Bonchev–Trinajstić information content (AvgIpc) is 3.17. The lowest BCUT2D eigenvalue weighted by atomic mass is 9.95. The number of carbonyl (C=O) groups excluding carboxylic acids is 1. The van der Waals surface area contributed by atoms with Gasteiger partial charge in [0.1, 0.15) is 5.35 Å². The van der Waals surface area contributed by atoms with E-state index in [1.165, 1.54) is 43.1 Å². The highest BCUT2D eigenvalue weighted by atomic mass is 16.6. The van der Waals surface area contributed by atoms with E-state index in [0.29, 0.717) is 28.3 Å². The number of nitro benzene ring substituents is 1. The van der Waals surface area contributed by atoms with Crippen molar-refractivity contribution < 1.29 is 23.9 Å². The number of carbonyl (C=O) groups is 1. The number of nitro groups is 1. The number of methoxy groups -OCH3 is 2. The van der Waals surface area contributed by atoms with Crippen molar-refractivity contribution in [1.82, 2.24) is 9.55 Å². The zero-order valence-corrected chi connectivity index (χ0v) is 20.1. The number of hydrogen-bond acceptors (Lipinski definition) is 8. The maximum atomic E-state index is 13.6. The van der Waals surface area contributed by atoms with E-state index in [9.17, 15) is 19.7 Å². The van der Waals surface area contributed by atoms with E-state index < -0.39 is 22.5 Å². The first-order valence-corrected chi connectivity index (χ1v) is 11.0. The quantitative estimate of drug-likeness (QED) is 0.302. The molecule has 11 nitrogen and oxygen atoms in total. The van der Waals surface area contributed by atoms with Gasteiger partial charge in [-0.2, -0.15) is 0 Å². The number of H-pyrrole nitrogens is 1. The van der Waals surface area contributed by atoms with Crippen LogP contribution in [0.4, 0.5) is 5.69 Å². The van der Waals surface area contributed by atoms with Crippen molar-refractivity contribution in [1.29, 1.82) is 0 Å². The molecule has 0 bridgehead atoms. The van der Waals surface area contributed by atoms with Crippen LogP contribution >= 0.6 is 0 Å². The molecule has 2 aromatic carbocycles. The summed E-state index contributed by atoms with van der Waals surface area (Å²) in [5.74, 6) is 0.315. The van der Waals surface area contributed by atoms with Crippen LogP contribution in [0.25, 0.3) is 6.08 Å². The van der Waals surface area contributed by atoms with Gasteiger partial charge in [0.25, 0.3) is 11.2 Å². The Morgan fingerprint density at radius 1 is 1.19 bits per heavy atom. The van der Waals surface area contributed by atoms with Gasteiger partial charge in [-0.05, 0) is 43.2 Å². The number of benzene rings is 2. The van der Waals surface area contributed by atoms with Crippen LogP contribution in [-0.4, -0.2) is 41.3 Å². The molecule has 1 N–H and O–H groups in total. The van der Waals surface area contributed by atoms with Crippen molar-refractivity contribution in [2.75, 3.05) is 20.8 Å². The van der Waals surface area contributed by atoms with E-state index in [-0.39, 0.29) is 28.8 Å². The number of fused-ring (bicyclic) bond motifs is 1. The minimum Gasteiger partial charge on any atom is -0.493 e. The molecule has 1 aliphatic heterocycles. The molecule has 0 amide bonds. The molecule has 0 radical (unpaired) electrons. The lowest BCUT2D eigenvalue weighted by Gasteiger charge is -2.25. The molecule has 1 aliphatic rings. The SMILES string of the molecule is CCOC(=O)C1=C(C)N=c2[nH]c(=Cc3cccc([N+](=O)[O-])c3)c(=O)n2C1c1ccc(OC)c(OC)c1. The largest absolute Gasteiger partial charge is 0.493 e. The second kappa shape index (κ2) is 9.90. The van der Waals surface area contributed by atoms with E-state index in [1.54, 1.807) is 38.1 Å². The highest BCUT2D eigenvalue weighted by molar-refractivity contribution is 5.91. The Hall–Kier alpha value is -4.67. The van der Waals surface area contributed by atoms with E-state index in [0.717, 1.165) is 0 Å². The van der Waals surface area contributed by atoms with Gasteiger partial charge in [0.15, 0.2) is 11.5 Å². The number of aromatic amines is 1. The van der Waals surface area contributed by atoms with Crippen molar-refractivity contribution >= 4 is 17.7 Å². The number of allylic oxidation sites excluding steroid dienone is 1. The molecule has 0 spiro atoms. The first-order valence-electron chi connectivity index (χ1n) is 11.0. The second-order valence-electron chi connectivity index (χ2n) is 7.88. The van der Waals surface area contributed by atoms with E-state index in [1.807, 2.05) is 0 Å². The standard InChI is InChI=1S/C25H24N4O7/c1-5-36-24(31)21-14(2)26-25-27-18(12-15-7-6-8-17(11-15)29(32)33)23(30)28(25)22(21)16-9-10-19(34-3)20(13-16)35-4/h6-13,22H,5H2,1-4H3,(H,26,27). The molecule has 0 saturated carbocycles. The van der Waals surface area contributed by atoms with Crippen LogP contribution in [0.15, 0.2) is 63.5 Å². The van der Waals surface area contributed by atoms with Gasteiger partial charge >= 0.3 is 5.97 Å². The number of aromatic nitrogens is 2. The lowest BCUT2D eigenvalue weighted by molar-refractivity contribution is -0.384. The maximum absolute atomic E-state index is 13.6. The molecule has 186 valence electrons. The lowest BCUT2D eigenvalue weighted by Crippen LogP contribution is -2.40. The van der Waals surface area contributed by atoms with E-state index >= 15 is 0 Å². The Morgan fingerprint density at radius 2 is 1.94 bits per heavy atom. The summed E-state index contributed by atoms with van der Waals surface area (Å²) in [7, 11) is 3.00. The number of esters is 1. The molecule has 1 aromatic heterocycles. The van der Waals surface area contributed by atoms with Gasteiger partial charge < -0.3 is 19.2 Å². The van der Waals surface area contributed by atoms with Crippen molar-refractivity contribution in [3.63, 3.8) is 0 Å². The Labute approximate surface area is 205 Å². The fourth-order valence-electron chi connectivity index (χ4n) is 4.13. The fraction of sp³-hybridized carbons (Fsp3) is 0.240. The van der Waals surface area contributed by atoms with E-state index in [2.05, 4.69) is 9.98 Å². The first-order chi connectivity index (χ1) is 17.3. The predicted octanol–water partition coefficient (Wildman–Crippen LogP) is 1.99. The van der Waals surface area contributed by atoms with Crippen molar-refractivity contribution in [3.05, 3.63) is 96.3 Å². The second-order valence-corrected chi connectivity index (χ2v) is 7.88. The van der Waals surface area contributed by atoms with Crippen LogP contribution in [0.3, 0.4) is 0 Å². The predicted molar refractivity (Wildman–Crippen MR) is 130 cm³/mol. The smallest absolute Gasteiger partial charge is 0.338 e. The summed E-state index contributed by atoms with van der Waals surface area (Å²) >= 11 is 0. The van der Waals surface area contributed by atoms with Crippen LogP contribution in [0.5, 0.6) is 11.5 Å². The maximum Gasteiger partial charge on any atom is 0.338 e. The molecule has 1 atom stereocenters. The van der Waals surface area contributed by atoms with Crippen molar-refractivity contribution in [2.24, 2.45) is 4.99 Å². The zero-order valence-electron chi connectivity index (χ0n) is 20.1. The molecule has 36 heavy (non-hydrogen) atoms. The summed E-state index contributed by atoms with van der Waals surface area (Å²) in [5, 5.41) is 11.3. The Balaban J connectivity index is 1.96. The Bertz CT molecular complexity index is 1570. The molecule has 0 aliphatic carbocycles. The molecular formula is C25H24N4O7. The molecular weight excluding hydrogens is 468 g/mol. The Kier molecular flexibility index (Phi) is 6.73. The molecule has 0 saturated heterocycles. The molecule has 1 unspecified atom stereocenters. The first kappa shape index (κ1) is 24.5. The number of ether oxygens (including phenoxy) is 3. The highest BCUT2D eigenvalue weighted by Crippen LogP contribution is 2.35. The number of non-ortho nitro benzene ring substituents is 1. The number of imidazole rings is 1. The monoisotopic (exact) mass is 492 g/mol. The number of nitrogens with zero attached hydrogens (tertiary/aromatic N) is 3. The van der Waals surface area contributed by atoms with Crippen LogP contribution in [0.2, 0.25) is 0 Å². The van der Waals surface area contributed by atoms with Crippen molar-refractivity contribution in [2.45, 2.75) is 19.9 Å².